The Morgan fingerprint density at radius 2 is 1.94 bits per heavy atom. The standard InChI is InChI=1S/C8H17NO3S3.Na/c1-8(10)9-4-6-14-13-5-2-3-7-15(11)12;/h2-7H2,1H3,(H,9,10)(H,11,12);. The SMILES string of the molecule is CC(=O)NCCSSCCCCS(=O)O.[Na]. The van der Waals surface area contributed by atoms with Gasteiger partial charge in [-0.3, -0.25) is 4.79 Å². The van der Waals surface area contributed by atoms with Gasteiger partial charge in [0.05, 0.1) is 0 Å². The maximum Gasteiger partial charge on any atom is 0.216 e. The van der Waals surface area contributed by atoms with Gasteiger partial charge in [-0.25, -0.2) is 4.21 Å². The molecule has 16 heavy (non-hydrogen) atoms. The molecule has 2 N–H and O–H groups in total. The van der Waals surface area contributed by atoms with Gasteiger partial charge in [-0.05, 0) is 12.8 Å². The first-order valence-corrected chi connectivity index (χ1v) is 8.45. The number of carbonyl (C=O) groups is 1. The Bertz CT molecular complexity index is 187. The van der Waals surface area contributed by atoms with Crippen LogP contribution in [-0.2, 0) is 15.9 Å². The second-order valence-corrected chi connectivity index (χ2v) is 6.61. The number of rotatable bonds is 9. The zero-order valence-electron chi connectivity index (χ0n) is 9.73. The van der Waals surface area contributed by atoms with Crippen LogP contribution in [0.5, 0.6) is 0 Å². The average Bonchev–Trinajstić information content (AvgIpc) is 2.14. The van der Waals surface area contributed by atoms with Crippen LogP contribution in [0.15, 0.2) is 0 Å². The van der Waals surface area contributed by atoms with E-state index < -0.39 is 11.1 Å². The van der Waals surface area contributed by atoms with Crippen LogP contribution >= 0.6 is 21.6 Å². The van der Waals surface area contributed by atoms with Crippen molar-refractivity contribution in [2.45, 2.75) is 19.8 Å². The van der Waals surface area contributed by atoms with Gasteiger partial charge in [-0.1, -0.05) is 21.6 Å². The Morgan fingerprint density at radius 1 is 1.31 bits per heavy atom. The summed E-state index contributed by atoms with van der Waals surface area (Å²) in [5, 5.41) is 2.72. The zero-order valence-corrected chi connectivity index (χ0v) is 14.2. The van der Waals surface area contributed by atoms with Crippen molar-refractivity contribution in [3.05, 3.63) is 0 Å². The van der Waals surface area contributed by atoms with E-state index in [9.17, 15) is 9.00 Å². The molecule has 1 unspecified atom stereocenters. The predicted octanol–water partition coefficient (Wildman–Crippen LogP) is 1.12. The van der Waals surface area contributed by atoms with Crippen LogP contribution in [0.3, 0.4) is 0 Å². The molecule has 0 aromatic rings. The third kappa shape index (κ3) is 17.7. The number of carbonyl (C=O) groups excluding carboxylic acids is 1. The Balaban J connectivity index is 0. The maximum atomic E-state index is 10.5. The summed E-state index contributed by atoms with van der Waals surface area (Å²) in [5.74, 6) is 2.26. The molecule has 0 rings (SSSR count). The van der Waals surface area contributed by atoms with Gasteiger partial charge >= 0.3 is 0 Å². The second kappa shape index (κ2) is 14.3. The van der Waals surface area contributed by atoms with Gasteiger partial charge in [0.1, 0.15) is 0 Å². The summed E-state index contributed by atoms with van der Waals surface area (Å²) >= 11 is -1.64. The van der Waals surface area contributed by atoms with E-state index in [0.717, 1.165) is 24.3 Å². The van der Waals surface area contributed by atoms with Gasteiger partial charge in [0.25, 0.3) is 0 Å². The molecule has 1 radical (unpaired) electrons. The van der Waals surface area contributed by atoms with Gasteiger partial charge in [-0.15, -0.1) is 0 Å². The topological polar surface area (TPSA) is 66.4 Å². The fraction of sp³-hybridized carbons (Fsp3) is 0.875. The van der Waals surface area contributed by atoms with Gasteiger partial charge < -0.3 is 9.87 Å². The number of amides is 1. The Hall–Kier alpha value is 1.28. The number of hydrogen-bond acceptors (Lipinski definition) is 4. The Morgan fingerprint density at radius 3 is 2.50 bits per heavy atom. The molecule has 0 aromatic heterocycles. The predicted molar refractivity (Wildman–Crippen MR) is 74.2 cm³/mol. The Kier molecular flexibility index (Phi) is 17.6. The molecular weight excluding hydrogens is 277 g/mol. The van der Waals surface area contributed by atoms with Crippen molar-refractivity contribution in [2.75, 3.05) is 23.8 Å². The van der Waals surface area contributed by atoms with E-state index in [1.807, 2.05) is 0 Å². The third-order valence-electron chi connectivity index (χ3n) is 1.44. The third-order valence-corrected chi connectivity index (χ3v) is 4.57. The average molecular weight is 294 g/mol. The van der Waals surface area contributed by atoms with E-state index in [1.165, 1.54) is 6.92 Å². The number of nitrogens with one attached hydrogen (secondary N) is 1. The molecule has 0 spiro atoms. The van der Waals surface area contributed by atoms with Crippen LogP contribution in [0, 0.1) is 0 Å². The van der Waals surface area contributed by atoms with E-state index in [1.54, 1.807) is 21.6 Å². The smallest absolute Gasteiger partial charge is 0.216 e. The monoisotopic (exact) mass is 294 g/mol. The minimum absolute atomic E-state index is 0. The van der Waals surface area contributed by atoms with Gasteiger partial charge in [0.2, 0.25) is 5.91 Å². The van der Waals surface area contributed by atoms with Crippen molar-refractivity contribution >= 4 is 68.1 Å². The van der Waals surface area contributed by atoms with Crippen molar-refractivity contribution < 1.29 is 13.6 Å². The number of hydrogen-bond donors (Lipinski definition) is 2. The molecule has 91 valence electrons. The summed E-state index contributed by atoms with van der Waals surface area (Å²) in [4.78, 5) is 10.5. The summed E-state index contributed by atoms with van der Waals surface area (Å²) in [7, 11) is 3.46. The van der Waals surface area contributed by atoms with Crippen LogP contribution in [0.1, 0.15) is 19.8 Å². The van der Waals surface area contributed by atoms with Crippen LogP contribution in [0.25, 0.3) is 0 Å². The molecule has 0 fully saturated rings. The largest absolute Gasteiger partial charge is 0.355 e. The van der Waals surface area contributed by atoms with Crippen LogP contribution in [-0.4, -0.2) is 68.0 Å². The molecule has 0 saturated heterocycles. The van der Waals surface area contributed by atoms with Gasteiger partial charge in [-0.2, -0.15) is 0 Å². The van der Waals surface area contributed by atoms with Crippen LogP contribution < -0.4 is 5.32 Å². The Labute approximate surface area is 129 Å². The summed E-state index contributed by atoms with van der Waals surface area (Å²) in [6.45, 7) is 2.21. The van der Waals surface area contributed by atoms with Crippen LogP contribution in [0.2, 0.25) is 0 Å². The fourth-order valence-electron chi connectivity index (χ4n) is 0.773. The first kappa shape index (κ1) is 19.6. The normalized spacial score (nSPS) is 11.6. The molecule has 0 aliphatic carbocycles. The van der Waals surface area contributed by atoms with Gasteiger partial charge in [0.15, 0.2) is 11.1 Å². The summed E-state index contributed by atoms with van der Waals surface area (Å²) in [6.07, 6.45) is 1.76. The van der Waals surface area contributed by atoms with Crippen molar-refractivity contribution in [3.8, 4) is 0 Å². The number of unbranched alkanes of at least 4 members (excludes halogenated alkanes) is 1. The zero-order chi connectivity index (χ0) is 11.5. The molecule has 0 saturated carbocycles. The molecule has 4 nitrogen and oxygen atoms in total. The molecule has 0 bridgehead atoms. The maximum absolute atomic E-state index is 10.5. The van der Waals surface area contributed by atoms with E-state index in [4.69, 9.17) is 4.55 Å². The van der Waals surface area contributed by atoms with E-state index in [-0.39, 0.29) is 35.5 Å². The summed E-state index contributed by atoms with van der Waals surface area (Å²) < 4.78 is 18.8. The molecule has 8 heteroatoms. The second-order valence-electron chi connectivity index (χ2n) is 2.86. The molecule has 0 heterocycles. The molecular formula is C8H17NNaO3S3. The fourth-order valence-corrected chi connectivity index (χ4v) is 3.28. The van der Waals surface area contributed by atoms with Crippen molar-refractivity contribution in [1.29, 1.82) is 0 Å². The summed E-state index contributed by atoms with van der Waals surface area (Å²) in [5.41, 5.74) is 0. The molecule has 0 aromatic carbocycles. The van der Waals surface area contributed by atoms with E-state index in [0.29, 0.717) is 12.3 Å². The quantitative estimate of drug-likeness (QED) is 0.289. The van der Waals surface area contributed by atoms with Crippen molar-refractivity contribution in [3.63, 3.8) is 0 Å². The molecule has 1 atom stereocenters. The van der Waals surface area contributed by atoms with Gasteiger partial charge in [0, 0.05) is 60.3 Å². The van der Waals surface area contributed by atoms with E-state index >= 15 is 0 Å². The van der Waals surface area contributed by atoms with Crippen LogP contribution in [0.4, 0.5) is 0 Å². The first-order valence-electron chi connectivity index (χ1n) is 4.69. The molecule has 0 aliphatic rings. The minimum atomic E-state index is -1.64. The van der Waals surface area contributed by atoms with Crippen molar-refractivity contribution in [2.24, 2.45) is 0 Å². The first-order chi connectivity index (χ1) is 7.13. The minimum Gasteiger partial charge on any atom is -0.355 e. The molecule has 0 aliphatic heterocycles. The molecule has 1 amide bonds. The summed E-state index contributed by atoms with van der Waals surface area (Å²) in [6, 6.07) is 0. The van der Waals surface area contributed by atoms with Crippen molar-refractivity contribution in [1.82, 2.24) is 5.32 Å². The van der Waals surface area contributed by atoms with E-state index in [2.05, 4.69) is 5.32 Å².